The smallest absolute Gasteiger partial charge is 0.108 e. The predicted molar refractivity (Wildman–Crippen MR) is 65.2 cm³/mol. The number of nitrogens with zero attached hydrogens (tertiary/aromatic N) is 2. The van der Waals surface area contributed by atoms with Crippen molar-refractivity contribution in [2.24, 2.45) is 12.8 Å². The summed E-state index contributed by atoms with van der Waals surface area (Å²) in [6.45, 7) is 4.13. The Bertz CT molecular complexity index is 320. The largest absolute Gasteiger partial charge is 0.379 e. The molecule has 0 spiro atoms. The number of rotatable bonds is 6. The SMILES string of the molecule is COC(C)(C)CC(N)CCc1nccn1C. The van der Waals surface area contributed by atoms with E-state index in [0.29, 0.717) is 0 Å². The molecule has 4 nitrogen and oxygen atoms in total. The van der Waals surface area contributed by atoms with E-state index in [1.54, 1.807) is 7.11 Å². The van der Waals surface area contributed by atoms with E-state index < -0.39 is 0 Å². The molecule has 0 fully saturated rings. The van der Waals surface area contributed by atoms with E-state index in [4.69, 9.17) is 10.5 Å². The van der Waals surface area contributed by atoms with Crippen LogP contribution in [0.25, 0.3) is 0 Å². The topological polar surface area (TPSA) is 53.1 Å². The molecule has 92 valence electrons. The normalized spacial score (nSPS) is 14.1. The van der Waals surface area contributed by atoms with Gasteiger partial charge in [-0.15, -0.1) is 0 Å². The van der Waals surface area contributed by atoms with Crippen LogP contribution in [-0.4, -0.2) is 28.3 Å². The standard InChI is InChI=1S/C12H23N3O/c1-12(2,16-4)9-10(13)5-6-11-14-7-8-15(11)3/h7-8,10H,5-6,9,13H2,1-4H3. The van der Waals surface area contributed by atoms with Gasteiger partial charge in [0.2, 0.25) is 0 Å². The van der Waals surface area contributed by atoms with Crippen LogP contribution in [0.3, 0.4) is 0 Å². The van der Waals surface area contributed by atoms with E-state index in [-0.39, 0.29) is 11.6 Å². The maximum absolute atomic E-state index is 6.09. The molecule has 0 saturated carbocycles. The van der Waals surface area contributed by atoms with Crippen LogP contribution < -0.4 is 5.73 Å². The average Bonchev–Trinajstić information content (AvgIpc) is 2.60. The summed E-state index contributed by atoms with van der Waals surface area (Å²) in [5.41, 5.74) is 5.95. The van der Waals surface area contributed by atoms with Crippen molar-refractivity contribution in [2.45, 2.75) is 44.8 Å². The molecule has 0 saturated heterocycles. The Hall–Kier alpha value is -0.870. The highest BCUT2D eigenvalue weighted by atomic mass is 16.5. The van der Waals surface area contributed by atoms with E-state index in [2.05, 4.69) is 18.8 Å². The molecule has 1 heterocycles. The molecule has 1 atom stereocenters. The maximum Gasteiger partial charge on any atom is 0.108 e. The van der Waals surface area contributed by atoms with Crippen molar-refractivity contribution in [1.82, 2.24) is 9.55 Å². The molecule has 16 heavy (non-hydrogen) atoms. The minimum Gasteiger partial charge on any atom is -0.379 e. The van der Waals surface area contributed by atoms with E-state index in [9.17, 15) is 0 Å². The zero-order chi connectivity index (χ0) is 12.2. The number of hydrogen-bond acceptors (Lipinski definition) is 3. The Morgan fingerprint density at radius 3 is 2.75 bits per heavy atom. The lowest BCUT2D eigenvalue weighted by molar-refractivity contribution is 0.00955. The Balaban J connectivity index is 2.36. The molecule has 0 aliphatic heterocycles. The van der Waals surface area contributed by atoms with Gasteiger partial charge in [0.1, 0.15) is 5.82 Å². The van der Waals surface area contributed by atoms with Gasteiger partial charge in [-0.1, -0.05) is 0 Å². The number of aromatic nitrogens is 2. The fraction of sp³-hybridized carbons (Fsp3) is 0.750. The van der Waals surface area contributed by atoms with Crippen molar-refractivity contribution in [3.8, 4) is 0 Å². The van der Waals surface area contributed by atoms with Crippen molar-refractivity contribution in [2.75, 3.05) is 7.11 Å². The molecular formula is C12H23N3O. The van der Waals surface area contributed by atoms with Crippen molar-refractivity contribution in [1.29, 1.82) is 0 Å². The van der Waals surface area contributed by atoms with Crippen LogP contribution in [0.1, 0.15) is 32.5 Å². The summed E-state index contributed by atoms with van der Waals surface area (Å²) in [5, 5.41) is 0. The second-order valence-corrected chi connectivity index (χ2v) is 4.92. The average molecular weight is 225 g/mol. The summed E-state index contributed by atoms with van der Waals surface area (Å²) in [5.74, 6) is 1.09. The van der Waals surface area contributed by atoms with E-state index in [1.807, 2.05) is 24.0 Å². The third-order valence-electron chi connectivity index (χ3n) is 2.97. The summed E-state index contributed by atoms with van der Waals surface area (Å²) >= 11 is 0. The first-order valence-electron chi connectivity index (χ1n) is 5.71. The van der Waals surface area contributed by atoms with Gasteiger partial charge in [0.05, 0.1) is 5.60 Å². The summed E-state index contributed by atoms with van der Waals surface area (Å²) in [6.07, 6.45) is 6.51. The fourth-order valence-corrected chi connectivity index (χ4v) is 1.77. The van der Waals surface area contributed by atoms with Crippen LogP contribution in [0.5, 0.6) is 0 Å². The Labute approximate surface area is 97.8 Å². The van der Waals surface area contributed by atoms with Gasteiger partial charge < -0.3 is 15.0 Å². The second-order valence-electron chi connectivity index (χ2n) is 4.92. The molecule has 2 N–H and O–H groups in total. The fourth-order valence-electron chi connectivity index (χ4n) is 1.77. The summed E-state index contributed by atoms with van der Waals surface area (Å²) in [4.78, 5) is 4.28. The highest BCUT2D eigenvalue weighted by Crippen LogP contribution is 2.16. The van der Waals surface area contributed by atoms with Crippen LogP contribution in [0.2, 0.25) is 0 Å². The van der Waals surface area contributed by atoms with Crippen LogP contribution in [0.15, 0.2) is 12.4 Å². The molecule has 0 aromatic carbocycles. The molecule has 1 aromatic rings. The molecule has 1 rings (SSSR count). The van der Waals surface area contributed by atoms with E-state index >= 15 is 0 Å². The number of hydrogen-bond donors (Lipinski definition) is 1. The molecule has 0 aliphatic rings. The molecule has 1 aromatic heterocycles. The molecule has 4 heteroatoms. The van der Waals surface area contributed by atoms with E-state index in [0.717, 1.165) is 25.1 Å². The Morgan fingerprint density at radius 1 is 1.56 bits per heavy atom. The monoisotopic (exact) mass is 225 g/mol. The summed E-state index contributed by atoms with van der Waals surface area (Å²) < 4.78 is 7.40. The van der Waals surface area contributed by atoms with Gasteiger partial charge in [-0.3, -0.25) is 0 Å². The van der Waals surface area contributed by atoms with Crippen LogP contribution in [-0.2, 0) is 18.2 Å². The summed E-state index contributed by atoms with van der Waals surface area (Å²) in [6, 6.07) is 0.159. The van der Waals surface area contributed by atoms with Crippen molar-refractivity contribution in [3.05, 3.63) is 18.2 Å². The van der Waals surface area contributed by atoms with Crippen molar-refractivity contribution >= 4 is 0 Å². The predicted octanol–water partition coefficient (Wildman–Crippen LogP) is 1.50. The van der Waals surface area contributed by atoms with Gasteiger partial charge in [0.15, 0.2) is 0 Å². The lowest BCUT2D eigenvalue weighted by Gasteiger charge is -2.26. The van der Waals surface area contributed by atoms with Gasteiger partial charge >= 0.3 is 0 Å². The molecule has 0 aliphatic carbocycles. The van der Waals surface area contributed by atoms with Gasteiger partial charge in [0.25, 0.3) is 0 Å². The summed E-state index contributed by atoms with van der Waals surface area (Å²) in [7, 11) is 3.73. The highest BCUT2D eigenvalue weighted by molar-refractivity contribution is 4.92. The number of ether oxygens (including phenoxy) is 1. The quantitative estimate of drug-likeness (QED) is 0.798. The van der Waals surface area contributed by atoms with Crippen molar-refractivity contribution < 1.29 is 4.74 Å². The highest BCUT2D eigenvalue weighted by Gasteiger charge is 2.20. The van der Waals surface area contributed by atoms with Crippen LogP contribution in [0, 0.1) is 0 Å². The number of methoxy groups -OCH3 is 1. The first-order chi connectivity index (χ1) is 7.44. The van der Waals surface area contributed by atoms with Crippen molar-refractivity contribution in [3.63, 3.8) is 0 Å². The molecule has 0 radical (unpaired) electrons. The molecule has 1 unspecified atom stereocenters. The second kappa shape index (κ2) is 5.46. The number of imidazole rings is 1. The van der Waals surface area contributed by atoms with Gasteiger partial charge in [-0.25, -0.2) is 4.98 Å². The number of aryl methyl sites for hydroxylation is 2. The Morgan fingerprint density at radius 2 is 2.25 bits per heavy atom. The lowest BCUT2D eigenvalue weighted by Crippen LogP contribution is -2.34. The van der Waals surface area contributed by atoms with Crippen LogP contribution >= 0.6 is 0 Å². The lowest BCUT2D eigenvalue weighted by atomic mass is 9.96. The molecule has 0 amide bonds. The molecular weight excluding hydrogens is 202 g/mol. The van der Waals surface area contributed by atoms with Crippen LogP contribution in [0.4, 0.5) is 0 Å². The first-order valence-corrected chi connectivity index (χ1v) is 5.71. The maximum atomic E-state index is 6.09. The van der Waals surface area contributed by atoms with Gasteiger partial charge in [-0.2, -0.15) is 0 Å². The third kappa shape index (κ3) is 3.94. The minimum atomic E-state index is -0.138. The Kier molecular flexibility index (Phi) is 4.50. The first kappa shape index (κ1) is 13.2. The zero-order valence-electron chi connectivity index (χ0n) is 10.7. The third-order valence-corrected chi connectivity index (χ3v) is 2.97. The zero-order valence-corrected chi connectivity index (χ0v) is 10.7. The van der Waals surface area contributed by atoms with Gasteiger partial charge in [0, 0.05) is 39.0 Å². The molecule has 0 bridgehead atoms. The van der Waals surface area contributed by atoms with E-state index in [1.165, 1.54) is 0 Å². The van der Waals surface area contributed by atoms with Gasteiger partial charge in [-0.05, 0) is 26.7 Å². The minimum absolute atomic E-state index is 0.138. The number of nitrogens with two attached hydrogens (primary N) is 1.